The summed E-state index contributed by atoms with van der Waals surface area (Å²) in [6, 6.07) is 0. The number of fused-ring (bicyclic) bond motifs is 8. The van der Waals surface area contributed by atoms with E-state index in [1.54, 1.807) is 13.8 Å². The number of rotatable bonds is 0. The standard InChI is InChI=1S/C12H13NO5/c1-6-11(16)8-5-17-9(14)3-4-10(15)18-12(6)7(2)13-8/h16H,3-5H2,1-2H3. The molecule has 0 saturated carbocycles. The minimum absolute atomic E-state index is 0.0434. The van der Waals surface area contributed by atoms with Crippen molar-refractivity contribution < 1.29 is 24.2 Å². The summed E-state index contributed by atoms with van der Waals surface area (Å²) in [7, 11) is 0. The largest absolute Gasteiger partial charge is 0.505 e. The minimum Gasteiger partial charge on any atom is -0.505 e. The van der Waals surface area contributed by atoms with Gasteiger partial charge < -0.3 is 14.6 Å². The Morgan fingerprint density at radius 2 is 1.83 bits per heavy atom. The lowest BCUT2D eigenvalue weighted by atomic mass is 10.1. The van der Waals surface area contributed by atoms with Gasteiger partial charge in [0.2, 0.25) is 0 Å². The number of aromatic hydroxyl groups is 1. The van der Waals surface area contributed by atoms with Gasteiger partial charge in [0.1, 0.15) is 18.1 Å². The molecule has 6 heteroatoms. The molecule has 1 N–H and O–H groups in total. The third-order valence-electron chi connectivity index (χ3n) is 2.72. The van der Waals surface area contributed by atoms with Crippen molar-refractivity contribution in [3.05, 3.63) is 17.0 Å². The van der Waals surface area contributed by atoms with E-state index in [2.05, 4.69) is 4.98 Å². The quantitative estimate of drug-likeness (QED) is 0.696. The van der Waals surface area contributed by atoms with Gasteiger partial charge in [-0.15, -0.1) is 0 Å². The first kappa shape index (κ1) is 12.3. The molecule has 0 fully saturated rings. The van der Waals surface area contributed by atoms with E-state index in [4.69, 9.17) is 9.47 Å². The first-order valence-electron chi connectivity index (χ1n) is 5.54. The average molecular weight is 251 g/mol. The van der Waals surface area contributed by atoms with Crippen LogP contribution in [0.4, 0.5) is 0 Å². The van der Waals surface area contributed by atoms with Crippen molar-refractivity contribution in [2.45, 2.75) is 33.3 Å². The number of carbonyl (C=O) groups is 2. The van der Waals surface area contributed by atoms with Crippen molar-refractivity contribution in [1.29, 1.82) is 0 Å². The predicted molar refractivity (Wildman–Crippen MR) is 60.0 cm³/mol. The van der Waals surface area contributed by atoms with Gasteiger partial charge in [-0.1, -0.05) is 0 Å². The highest BCUT2D eigenvalue weighted by atomic mass is 16.5. The normalized spacial score (nSPS) is 15.9. The molecule has 96 valence electrons. The number of pyridine rings is 1. The number of nitrogens with zero attached hydrogens (tertiary/aromatic N) is 1. The smallest absolute Gasteiger partial charge is 0.311 e. The fourth-order valence-corrected chi connectivity index (χ4v) is 1.74. The number of carbonyl (C=O) groups excluding carboxylic acids is 2. The Kier molecular flexibility index (Phi) is 3.18. The van der Waals surface area contributed by atoms with Crippen LogP contribution in [-0.4, -0.2) is 22.0 Å². The summed E-state index contributed by atoms with van der Waals surface area (Å²) in [5.41, 5.74) is 1.16. The Bertz CT molecular complexity index is 524. The molecule has 0 spiro atoms. The van der Waals surface area contributed by atoms with Crippen LogP contribution < -0.4 is 4.74 Å². The molecule has 18 heavy (non-hydrogen) atoms. The summed E-state index contributed by atoms with van der Waals surface area (Å²) in [6.45, 7) is 3.18. The molecule has 0 saturated heterocycles. The maximum absolute atomic E-state index is 11.5. The van der Waals surface area contributed by atoms with E-state index < -0.39 is 11.9 Å². The molecule has 0 unspecified atom stereocenters. The van der Waals surface area contributed by atoms with E-state index in [-0.39, 0.29) is 36.6 Å². The molecular weight excluding hydrogens is 238 g/mol. The molecule has 0 amide bonds. The van der Waals surface area contributed by atoms with E-state index in [9.17, 15) is 14.7 Å². The van der Waals surface area contributed by atoms with Gasteiger partial charge in [0.15, 0.2) is 5.75 Å². The Morgan fingerprint density at radius 1 is 1.17 bits per heavy atom. The van der Waals surface area contributed by atoms with Crippen LogP contribution in [0.2, 0.25) is 0 Å². The lowest BCUT2D eigenvalue weighted by molar-refractivity contribution is -0.148. The van der Waals surface area contributed by atoms with E-state index >= 15 is 0 Å². The highest BCUT2D eigenvalue weighted by molar-refractivity contribution is 5.79. The Labute approximate surface area is 104 Å². The summed E-state index contributed by atoms with van der Waals surface area (Å²) in [6.07, 6.45) is -0.1000. The van der Waals surface area contributed by atoms with Crippen LogP contribution in [-0.2, 0) is 20.9 Å². The van der Waals surface area contributed by atoms with E-state index in [1.807, 2.05) is 0 Å². The van der Waals surface area contributed by atoms with Crippen molar-refractivity contribution in [1.82, 2.24) is 4.98 Å². The molecule has 6 nitrogen and oxygen atoms in total. The van der Waals surface area contributed by atoms with Crippen molar-refractivity contribution in [3.8, 4) is 11.5 Å². The van der Waals surface area contributed by atoms with Crippen molar-refractivity contribution >= 4 is 11.9 Å². The van der Waals surface area contributed by atoms with E-state index in [0.717, 1.165) is 0 Å². The fourth-order valence-electron chi connectivity index (χ4n) is 1.74. The Hall–Kier alpha value is -2.11. The summed E-state index contributed by atoms with van der Waals surface area (Å²) in [5, 5.41) is 9.90. The van der Waals surface area contributed by atoms with E-state index in [1.165, 1.54) is 0 Å². The maximum Gasteiger partial charge on any atom is 0.311 e. The molecule has 2 aliphatic heterocycles. The molecule has 1 aromatic rings. The Morgan fingerprint density at radius 3 is 2.56 bits per heavy atom. The number of aromatic nitrogens is 1. The van der Waals surface area contributed by atoms with E-state index in [0.29, 0.717) is 11.3 Å². The maximum atomic E-state index is 11.5. The van der Waals surface area contributed by atoms with Gasteiger partial charge in [0, 0.05) is 5.56 Å². The lowest BCUT2D eigenvalue weighted by Crippen LogP contribution is -2.12. The highest BCUT2D eigenvalue weighted by Gasteiger charge is 2.21. The zero-order valence-electron chi connectivity index (χ0n) is 10.1. The summed E-state index contributed by atoms with van der Waals surface area (Å²) in [5.74, 6) is -0.934. The first-order valence-corrected chi connectivity index (χ1v) is 5.54. The van der Waals surface area contributed by atoms with Crippen LogP contribution in [0.5, 0.6) is 11.5 Å². The fraction of sp³-hybridized carbons (Fsp3) is 0.417. The average Bonchev–Trinajstić information content (AvgIpc) is 2.37. The molecule has 2 bridgehead atoms. The van der Waals surface area contributed by atoms with Gasteiger partial charge in [-0.25, -0.2) is 4.98 Å². The van der Waals surface area contributed by atoms with Crippen LogP contribution in [0, 0.1) is 13.8 Å². The van der Waals surface area contributed by atoms with Gasteiger partial charge in [-0.2, -0.15) is 0 Å². The second kappa shape index (κ2) is 4.64. The molecule has 1 aromatic heterocycles. The van der Waals surface area contributed by atoms with Crippen LogP contribution in [0.25, 0.3) is 0 Å². The highest BCUT2D eigenvalue weighted by Crippen LogP contribution is 2.32. The molecule has 3 heterocycles. The zero-order valence-corrected chi connectivity index (χ0v) is 10.1. The van der Waals surface area contributed by atoms with Gasteiger partial charge >= 0.3 is 11.9 Å². The predicted octanol–water partition coefficient (Wildman–Crippen LogP) is 1.15. The molecule has 0 aliphatic carbocycles. The van der Waals surface area contributed by atoms with Gasteiger partial charge in [0.05, 0.1) is 18.5 Å². The number of ether oxygens (including phenoxy) is 2. The monoisotopic (exact) mass is 251 g/mol. The van der Waals surface area contributed by atoms with Crippen molar-refractivity contribution in [2.24, 2.45) is 0 Å². The number of esters is 2. The van der Waals surface area contributed by atoms with Gasteiger partial charge in [-0.3, -0.25) is 9.59 Å². The van der Waals surface area contributed by atoms with Crippen LogP contribution in [0.3, 0.4) is 0 Å². The summed E-state index contributed by atoms with van der Waals surface area (Å²) < 4.78 is 10.0. The molecule has 3 rings (SSSR count). The molecular formula is C12H13NO5. The third-order valence-corrected chi connectivity index (χ3v) is 2.72. The minimum atomic E-state index is -0.547. The lowest BCUT2D eigenvalue weighted by Gasteiger charge is -2.12. The topological polar surface area (TPSA) is 85.7 Å². The first-order chi connectivity index (χ1) is 8.49. The SMILES string of the molecule is Cc1nc2c(O)c(C)c1OC(=O)CCC(=O)OC2. The Balaban J connectivity index is 2.50. The number of hydrogen-bond acceptors (Lipinski definition) is 6. The second-order valence-electron chi connectivity index (χ2n) is 4.08. The summed E-state index contributed by atoms with van der Waals surface area (Å²) >= 11 is 0. The van der Waals surface area contributed by atoms with Crippen molar-refractivity contribution in [3.63, 3.8) is 0 Å². The molecule has 0 atom stereocenters. The van der Waals surface area contributed by atoms with Gasteiger partial charge in [-0.05, 0) is 13.8 Å². The molecule has 0 radical (unpaired) electrons. The number of hydrogen-bond donors (Lipinski definition) is 1. The number of aryl methyl sites for hydroxylation is 1. The molecule has 2 aliphatic rings. The second-order valence-corrected chi connectivity index (χ2v) is 4.08. The van der Waals surface area contributed by atoms with Crippen LogP contribution in [0.1, 0.15) is 29.8 Å². The summed E-state index contributed by atoms with van der Waals surface area (Å²) in [4.78, 5) is 26.9. The van der Waals surface area contributed by atoms with Gasteiger partial charge in [0.25, 0.3) is 0 Å². The zero-order chi connectivity index (χ0) is 13.3. The molecule has 0 aromatic carbocycles. The van der Waals surface area contributed by atoms with Crippen LogP contribution in [0.15, 0.2) is 0 Å². The van der Waals surface area contributed by atoms with Crippen molar-refractivity contribution in [2.75, 3.05) is 0 Å². The van der Waals surface area contributed by atoms with Crippen LogP contribution >= 0.6 is 0 Å². The third kappa shape index (κ3) is 2.27.